The molecule has 0 spiro atoms. The number of non-ortho nitro benzene ring substituents is 1. The summed E-state index contributed by atoms with van der Waals surface area (Å²) in [7, 11) is 0. The second-order valence-corrected chi connectivity index (χ2v) is 10.3. The smallest absolute Gasteiger partial charge is 0.269 e. The van der Waals surface area contributed by atoms with Gasteiger partial charge >= 0.3 is 0 Å². The summed E-state index contributed by atoms with van der Waals surface area (Å²) in [6, 6.07) is 16.4. The van der Waals surface area contributed by atoms with Gasteiger partial charge in [0.15, 0.2) is 0 Å². The highest BCUT2D eigenvalue weighted by atomic mass is 32.1. The summed E-state index contributed by atoms with van der Waals surface area (Å²) >= 11 is 1.73. The summed E-state index contributed by atoms with van der Waals surface area (Å²) in [6.45, 7) is 2.71. The Kier molecular flexibility index (Phi) is 6.69. The lowest BCUT2D eigenvalue weighted by Gasteiger charge is -2.37. The van der Waals surface area contributed by atoms with E-state index < -0.39 is 4.92 Å². The third kappa shape index (κ3) is 5.09. The van der Waals surface area contributed by atoms with Gasteiger partial charge in [-0.1, -0.05) is 29.8 Å². The molecule has 1 unspecified atom stereocenters. The molecule has 0 radical (unpaired) electrons. The first-order chi connectivity index (χ1) is 17.4. The fraction of sp³-hybridized carbons (Fsp3) is 0.286. The summed E-state index contributed by atoms with van der Waals surface area (Å²) in [4.78, 5) is 42.0. The molecule has 7 nitrogen and oxygen atoms in total. The second kappa shape index (κ2) is 10.1. The van der Waals surface area contributed by atoms with Crippen LogP contribution in [-0.2, 0) is 16.0 Å². The van der Waals surface area contributed by atoms with Gasteiger partial charge in [-0.2, -0.15) is 0 Å². The minimum atomic E-state index is -0.456. The van der Waals surface area contributed by atoms with Crippen LogP contribution in [0.4, 0.5) is 5.69 Å². The molecular formula is C28H27N3O4S. The van der Waals surface area contributed by atoms with Crippen LogP contribution < -0.4 is 0 Å². The van der Waals surface area contributed by atoms with Crippen LogP contribution in [0.15, 0.2) is 66.1 Å². The number of carbonyl (C=O) groups is 2. The highest BCUT2D eigenvalue weighted by molar-refractivity contribution is 7.10. The maximum absolute atomic E-state index is 13.7. The van der Waals surface area contributed by atoms with Crippen LogP contribution in [0.2, 0.25) is 0 Å². The zero-order valence-corrected chi connectivity index (χ0v) is 20.8. The van der Waals surface area contributed by atoms with Crippen molar-refractivity contribution in [2.24, 2.45) is 0 Å². The number of nitro groups is 1. The molecule has 3 aromatic rings. The second-order valence-electron chi connectivity index (χ2n) is 9.33. The van der Waals surface area contributed by atoms with Crippen LogP contribution in [0, 0.1) is 17.0 Å². The van der Waals surface area contributed by atoms with Gasteiger partial charge in [0.25, 0.3) is 5.69 Å². The van der Waals surface area contributed by atoms with E-state index in [0.29, 0.717) is 12.1 Å². The number of nitrogens with zero attached hydrogens (tertiary/aromatic N) is 3. The van der Waals surface area contributed by atoms with E-state index in [1.807, 2.05) is 11.8 Å². The maximum Gasteiger partial charge on any atom is 0.269 e. The van der Waals surface area contributed by atoms with Gasteiger partial charge in [-0.15, -0.1) is 11.3 Å². The molecule has 1 saturated carbocycles. The van der Waals surface area contributed by atoms with Gasteiger partial charge in [-0.05, 0) is 72.5 Å². The molecule has 2 aromatic carbocycles. The zero-order chi connectivity index (χ0) is 25.2. The normalized spacial score (nSPS) is 17.1. The van der Waals surface area contributed by atoms with E-state index in [1.165, 1.54) is 34.2 Å². The molecule has 2 aliphatic rings. The largest absolute Gasteiger partial charge is 0.330 e. The van der Waals surface area contributed by atoms with Crippen molar-refractivity contribution in [2.75, 3.05) is 13.1 Å². The van der Waals surface area contributed by atoms with E-state index in [-0.39, 0.29) is 36.1 Å². The van der Waals surface area contributed by atoms with Crippen molar-refractivity contribution in [1.29, 1.82) is 0 Å². The molecular weight excluding hydrogens is 474 g/mol. The number of amides is 2. The molecule has 2 heterocycles. The topological polar surface area (TPSA) is 83.8 Å². The van der Waals surface area contributed by atoms with E-state index in [4.69, 9.17) is 0 Å². The standard InChI is InChI=1S/C28H27N3O4S/c1-19-2-7-21(8-3-19)28-24-15-17-36-25(24)14-16-29(28)27(33)18-30(22-11-12-22)26(32)13-6-20-4-9-23(10-5-20)31(34)35/h2-10,13,15,17,22,28H,11-12,14,16,18H2,1H3. The Bertz CT molecular complexity index is 1310. The molecule has 1 aromatic heterocycles. The van der Waals surface area contributed by atoms with Gasteiger partial charge in [-0.3, -0.25) is 19.7 Å². The van der Waals surface area contributed by atoms with Crippen molar-refractivity contribution >= 4 is 34.9 Å². The lowest BCUT2D eigenvalue weighted by atomic mass is 9.92. The van der Waals surface area contributed by atoms with Crippen LogP contribution >= 0.6 is 11.3 Å². The third-order valence-electron chi connectivity index (χ3n) is 6.78. The van der Waals surface area contributed by atoms with Crippen LogP contribution in [0.25, 0.3) is 6.08 Å². The SMILES string of the molecule is Cc1ccc(C2c3ccsc3CCN2C(=O)CN(C(=O)C=Cc2ccc([N+](=O)[O-])cc2)C2CC2)cc1. The number of hydrogen-bond donors (Lipinski definition) is 0. The van der Waals surface area contributed by atoms with E-state index in [9.17, 15) is 19.7 Å². The Morgan fingerprint density at radius 3 is 2.50 bits per heavy atom. The molecule has 0 bridgehead atoms. The van der Waals surface area contributed by atoms with Gasteiger partial charge in [-0.25, -0.2) is 0 Å². The Labute approximate surface area is 213 Å². The van der Waals surface area contributed by atoms with Gasteiger partial charge < -0.3 is 9.80 Å². The van der Waals surface area contributed by atoms with E-state index in [2.05, 4.69) is 35.7 Å². The maximum atomic E-state index is 13.7. The first-order valence-electron chi connectivity index (χ1n) is 12.1. The van der Waals surface area contributed by atoms with Crippen molar-refractivity contribution in [1.82, 2.24) is 9.80 Å². The van der Waals surface area contributed by atoms with Crippen LogP contribution in [-0.4, -0.2) is 45.7 Å². The van der Waals surface area contributed by atoms with Crippen molar-refractivity contribution in [3.8, 4) is 0 Å². The van der Waals surface area contributed by atoms with Gasteiger partial charge in [0.05, 0.1) is 11.0 Å². The summed E-state index contributed by atoms with van der Waals surface area (Å²) in [5.74, 6) is -0.272. The lowest BCUT2D eigenvalue weighted by Crippen LogP contribution is -2.47. The zero-order valence-electron chi connectivity index (χ0n) is 20.0. The quantitative estimate of drug-likeness (QED) is 0.255. The molecule has 1 fully saturated rings. The van der Waals surface area contributed by atoms with Gasteiger partial charge in [0, 0.05) is 35.7 Å². The third-order valence-corrected chi connectivity index (χ3v) is 7.77. The average Bonchev–Trinajstić information content (AvgIpc) is 3.61. The van der Waals surface area contributed by atoms with Crippen molar-refractivity contribution < 1.29 is 14.5 Å². The highest BCUT2D eigenvalue weighted by Crippen LogP contribution is 2.38. The first kappa shape index (κ1) is 23.9. The van der Waals surface area contributed by atoms with E-state index >= 15 is 0 Å². The molecule has 36 heavy (non-hydrogen) atoms. The fourth-order valence-electron chi connectivity index (χ4n) is 4.67. The molecule has 1 aliphatic carbocycles. The molecule has 1 aliphatic heterocycles. The summed E-state index contributed by atoms with van der Waals surface area (Å²) in [5.41, 5.74) is 4.11. The number of thiophene rings is 1. The predicted molar refractivity (Wildman–Crippen MR) is 140 cm³/mol. The van der Waals surface area contributed by atoms with Crippen LogP contribution in [0.3, 0.4) is 0 Å². The van der Waals surface area contributed by atoms with Crippen molar-refractivity contribution in [2.45, 2.75) is 38.3 Å². The molecule has 8 heteroatoms. The molecule has 0 N–H and O–H groups in total. The van der Waals surface area contributed by atoms with Crippen molar-refractivity contribution in [3.63, 3.8) is 0 Å². The number of aryl methyl sites for hydroxylation is 1. The van der Waals surface area contributed by atoms with Crippen LogP contribution in [0.1, 0.15) is 46.0 Å². The number of carbonyl (C=O) groups excluding carboxylic acids is 2. The monoisotopic (exact) mass is 501 g/mol. The molecule has 184 valence electrons. The average molecular weight is 502 g/mol. The number of nitro benzene ring substituents is 1. The molecule has 1 atom stereocenters. The minimum Gasteiger partial charge on any atom is -0.330 e. The number of hydrogen-bond acceptors (Lipinski definition) is 5. The Morgan fingerprint density at radius 2 is 1.83 bits per heavy atom. The highest BCUT2D eigenvalue weighted by Gasteiger charge is 2.37. The number of benzene rings is 2. The fourth-order valence-corrected chi connectivity index (χ4v) is 5.58. The predicted octanol–water partition coefficient (Wildman–Crippen LogP) is 5.14. The minimum absolute atomic E-state index is 0.00197. The number of fused-ring (bicyclic) bond motifs is 1. The van der Waals surface area contributed by atoms with E-state index in [1.54, 1.807) is 34.4 Å². The molecule has 0 saturated heterocycles. The summed E-state index contributed by atoms with van der Waals surface area (Å²) < 4.78 is 0. The van der Waals surface area contributed by atoms with Gasteiger partial charge in [0.1, 0.15) is 6.54 Å². The Balaban J connectivity index is 1.34. The lowest BCUT2D eigenvalue weighted by molar-refractivity contribution is -0.384. The number of rotatable bonds is 7. The first-order valence-corrected chi connectivity index (χ1v) is 12.9. The summed E-state index contributed by atoms with van der Waals surface area (Å²) in [5, 5.41) is 12.9. The van der Waals surface area contributed by atoms with Crippen molar-refractivity contribution in [3.05, 3.63) is 103 Å². The Morgan fingerprint density at radius 1 is 1.11 bits per heavy atom. The van der Waals surface area contributed by atoms with Gasteiger partial charge in [0.2, 0.25) is 11.8 Å². The molecule has 5 rings (SSSR count). The van der Waals surface area contributed by atoms with Crippen LogP contribution in [0.5, 0.6) is 0 Å². The van der Waals surface area contributed by atoms with E-state index in [0.717, 1.165) is 24.8 Å². The molecule has 2 amide bonds. The Hall–Kier alpha value is -3.78. The summed E-state index contributed by atoms with van der Waals surface area (Å²) in [6.07, 6.45) is 5.69.